The molecule has 0 aliphatic rings. The van der Waals surface area contributed by atoms with E-state index in [9.17, 15) is 0 Å². The van der Waals surface area contributed by atoms with Gasteiger partial charge in [-0.25, -0.2) is 0 Å². The fourth-order valence-electron chi connectivity index (χ4n) is 0.826. The molecule has 1 unspecified atom stereocenters. The molecule has 0 aromatic rings. The Morgan fingerprint density at radius 3 is 2.08 bits per heavy atom. The summed E-state index contributed by atoms with van der Waals surface area (Å²) in [4.78, 5) is 0. The van der Waals surface area contributed by atoms with Crippen molar-refractivity contribution in [1.82, 2.24) is 0 Å². The van der Waals surface area contributed by atoms with E-state index in [1.54, 1.807) is 0 Å². The Hall–Kier alpha value is -0.160. The fourth-order valence-corrected chi connectivity index (χ4v) is 0.826. The molecular weight excluding hydrogens is 158 g/mol. The Kier molecular flexibility index (Phi) is 4.70. The number of rotatable bonds is 4. The molecular formula is C8H19NO3. The van der Waals surface area contributed by atoms with Gasteiger partial charge in [0.25, 0.3) is 0 Å². The van der Waals surface area contributed by atoms with Gasteiger partial charge in [-0.05, 0) is 27.2 Å². The minimum Gasteiger partial charge on any atom is -0.368 e. The third kappa shape index (κ3) is 7.94. The summed E-state index contributed by atoms with van der Waals surface area (Å²) >= 11 is 0. The van der Waals surface area contributed by atoms with Crippen LogP contribution in [0.5, 0.6) is 0 Å². The second kappa shape index (κ2) is 4.77. The molecule has 4 nitrogen and oxygen atoms in total. The van der Waals surface area contributed by atoms with Gasteiger partial charge in [0.2, 0.25) is 0 Å². The first-order valence-electron chi connectivity index (χ1n) is 4.11. The Bertz CT molecular complexity index is 120. The SMILES string of the molecule is CC(C)(C)OC(N)CCC(O)O. The minimum absolute atomic E-state index is 0.247. The number of aliphatic hydroxyl groups is 2. The summed E-state index contributed by atoms with van der Waals surface area (Å²) in [5.74, 6) is 0. The van der Waals surface area contributed by atoms with Gasteiger partial charge >= 0.3 is 0 Å². The minimum atomic E-state index is -1.29. The molecule has 0 radical (unpaired) electrons. The highest BCUT2D eigenvalue weighted by Crippen LogP contribution is 2.11. The quantitative estimate of drug-likeness (QED) is 0.535. The van der Waals surface area contributed by atoms with E-state index in [1.165, 1.54) is 0 Å². The van der Waals surface area contributed by atoms with Crippen molar-refractivity contribution >= 4 is 0 Å². The zero-order chi connectivity index (χ0) is 9.78. The number of hydrogen-bond acceptors (Lipinski definition) is 4. The summed E-state index contributed by atoms with van der Waals surface area (Å²) in [5, 5.41) is 17.1. The second-order valence-corrected chi connectivity index (χ2v) is 3.83. The molecule has 0 aromatic heterocycles. The molecule has 0 rings (SSSR count). The molecule has 0 aromatic carbocycles. The maximum atomic E-state index is 8.54. The van der Waals surface area contributed by atoms with Crippen LogP contribution in [0.3, 0.4) is 0 Å². The first kappa shape index (κ1) is 11.8. The average molecular weight is 177 g/mol. The monoisotopic (exact) mass is 177 g/mol. The highest BCUT2D eigenvalue weighted by molar-refractivity contribution is 4.62. The van der Waals surface area contributed by atoms with Gasteiger partial charge in [0, 0.05) is 6.42 Å². The summed E-state index contributed by atoms with van der Waals surface area (Å²) in [6, 6.07) is 0. The van der Waals surface area contributed by atoms with Gasteiger partial charge < -0.3 is 20.7 Å². The molecule has 0 aliphatic carbocycles. The van der Waals surface area contributed by atoms with E-state index in [1.807, 2.05) is 20.8 Å². The van der Waals surface area contributed by atoms with Crippen LogP contribution >= 0.6 is 0 Å². The third-order valence-electron chi connectivity index (χ3n) is 1.21. The fraction of sp³-hybridized carbons (Fsp3) is 1.00. The molecule has 0 saturated carbocycles. The van der Waals surface area contributed by atoms with Crippen LogP contribution in [0, 0.1) is 0 Å². The van der Waals surface area contributed by atoms with Gasteiger partial charge in [0.1, 0.15) is 6.23 Å². The van der Waals surface area contributed by atoms with E-state index in [4.69, 9.17) is 20.7 Å². The van der Waals surface area contributed by atoms with Gasteiger partial charge in [-0.1, -0.05) is 0 Å². The molecule has 12 heavy (non-hydrogen) atoms. The van der Waals surface area contributed by atoms with Crippen LogP contribution in [-0.2, 0) is 4.74 Å². The van der Waals surface area contributed by atoms with Gasteiger partial charge in [-0.3, -0.25) is 0 Å². The van der Waals surface area contributed by atoms with Gasteiger partial charge in [-0.2, -0.15) is 0 Å². The molecule has 4 heteroatoms. The smallest absolute Gasteiger partial charge is 0.151 e. The normalized spacial score (nSPS) is 15.2. The standard InChI is InChI=1S/C8H19NO3/c1-8(2,3)12-6(9)4-5-7(10)11/h6-7,10-11H,4-5,9H2,1-3H3. The molecule has 0 bridgehead atoms. The summed E-state index contributed by atoms with van der Waals surface area (Å²) in [6.07, 6.45) is -1.02. The van der Waals surface area contributed by atoms with E-state index in [-0.39, 0.29) is 12.0 Å². The van der Waals surface area contributed by atoms with Crippen molar-refractivity contribution in [3.63, 3.8) is 0 Å². The van der Waals surface area contributed by atoms with E-state index < -0.39 is 12.5 Å². The lowest BCUT2D eigenvalue weighted by atomic mass is 10.2. The summed E-state index contributed by atoms with van der Waals surface area (Å²) in [5.41, 5.74) is 5.29. The number of ether oxygens (including phenoxy) is 1. The van der Waals surface area contributed by atoms with Crippen molar-refractivity contribution in [2.75, 3.05) is 0 Å². The van der Waals surface area contributed by atoms with E-state index in [2.05, 4.69) is 0 Å². The van der Waals surface area contributed by atoms with E-state index in [0.29, 0.717) is 6.42 Å². The number of nitrogens with two attached hydrogens (primary N) is 1. The predicted octanol–water partition coefficient (Wildman–Crippen LogP) is 0.177. The molecule has 0 amide bonds. The zero-order valence-electron chi connectivity index (χ0n) is 7.95. The Morgan fingerprint density at radius 1 is 1.25 bits per heavy atom. The van der Waals surface area contributed by atoms with Crippen molar-refractivity contribution in [3.05, 3.63) is 0 Å². The molecule has 0 spiro atoms. The lowest BCUT2D eigenvalue weighted by molar-refractivity contribution is -0.0862. The van der Waals surface area contributed by atoms with Crippen LogP contribution in [0.15, 0.2) is 0 Å². The van der Waals surface area contributed by atoms with Crippen molar-refractivity contribution < 1.29 is 14.9 Å². The number of hydrogen-bond donors (Lipinski definition) is 3. The lowest BCUT2D eigenvalue weighted by Gasteiger charge is -2.24. The number of aliphatic hydroxyl groups excluding tert-OH is 1. The maximum Gasteiger partial charge on any atom is 0.151 e. The molecule has 0 fully saturated rings. The van der Waals surface area contributed by atoms with Gasteiger partial charge in [0.05, 0.1) is 5.60 Å². The van der Waals surface area contributed by atoms with Crippen molar-refractivity contribution in [2.45, 2.75) is 51.7 Å². The van der Waals surface area contributed by atoms with Crippen LogP contribution in [-0.4, -0.2) is 28.3 Å². The third-order valence-corrected chi connectivity index (χ3v) is 1.21. The molecule has 74 valence electrons. The predicted molar refractivity (Wildman–Crippen MR) is 46.3 cm³/mol. The summed E-state index contributed by atoms with van der Waals surface area (Å²) in [6.45, 7) is 5.71. The topological polar surface area (TPSA) is 75.7 Å². The van der Waals surface area contributed by atoms with Crippen LogP contribution in [0.25, 0.3) is 0 Å². The van der Waals surface area contributed by atoms with Gasteiger partial charge in [0.15, 0.2) is 6.29 Å². The van der Waals surface area contributed by atoms with Gasteiger partial charge in [-0.15, -0.1) is 0 Å². The first-order chi connectivity index (χ1) is 5.31. The highest BCUT2D eigenvalue weighted by Gasteiger charge is 2.15. The van der Waals surface area contributed by atoms with Crippen LogP contribution in [0.1, 0.15) is 33.6 Å². The van der Waals surface area contributed by atoms with Crippen molar-refractivity contribution in [2.24, 2.45) is 5.73 Å². The Balaban J connectivity index is 3.53. The van der Waals surface area contributed by atoms with E-state index in [0.717, 1.165) is 0 Å². The molecule has 4 N–H and O–H groups in total. The highest BCUT2D eigenvalue weighted by atomic mass is 16.5. The molecule has 0 saturated heterocycles. The van der Waals surface area contributed by atoms with Crippen LogP contribution in [0.2, 0.25) is 0 Å². The maximum absolute atomic E-state index is 8.54. The van der Waals surface area contributed by atoms with Crippen LogP contribution < -0.4 is 5.73 Å². The molecule has 0 heterocycles. The van der Waals surface area contributed by atoms with Crippen molar-refractivity contribution in [3.8, 4) is 0 Å². The van der Waals surface area contributed by atoms with Crippen LogP contribution in [0.4, 0.5) is 0 Å². The Labute approximate surface area is 73.3 Å². The molecule has 0 aliphatic heterocycles. The second-order valence-electron chi connectivity index (χ2n) is 3.83. The summed E-state index contributed by atoms with van der Waals surface area (Å²) < 4.78 is 5.34. The molecule has 1 atom stereocenters. The summed E-state index contributed by atoms with van der Waals surface area (Å²) in [7, 11) is 0. The van der Waals surface area contributed by atoms with E-state index >= 15 is 0 Å². The van der Waals surface area contributed by atoms with Crippen molar-refractivity contribution in [1.29, 1.82) is 0 Å². The zero-order valence-corrected chi connectivity index (χ0v) is 7.95. The average Bonchev–Trinajstić information content (AvgIpc) is 1.79. The Morgan fingerprint density at radius 2 is 1.75 bits per heavy atom. The first-order valence-corrected chi connectivity index (χ1v) is 4.11. The largest absolute Gasteiger partial charge is 0.368 e. The lowest BCUT2D eigenvalue weighted by Crippen LogP contribution is -2.34.